The van der Waals surface area contributed by atoms with Crippen LogP contribution in [0.15, 0.2) is 30.5 Å². The standard InChI is InChI=1S/C20H26N4O2/c1-13(2)11-23-17(12-24(19(25)26)20(3,4)5)22-16-10-21-15-9-7-6-8-14(15)18(16)23/h6-10,13H,11-12H2,1-5H3,(H,25,26). The van der Waals surface area contributed by atoms with Crippen molar-refractivity contribution in [1.82, 2.24) is 19.4 Å². The lowest BCUT2D eigenvalue weighted by atomic mass is 10.1. The van der Waals surface area contributed by atoms with Crippen LogP contribution in [0.3, 0.4) is 0 Å². The van der Waals surface area contributed by atoms with Crippen molar-refractivity contribution in [2.45, 2.75) is 53.2 Å². The molecule has 0 atom stereocenters. The number of benzene rings is 1. The third-order valence-electron chi connectivity index (χ3n) is 4.45. The highest BCUT2D eigenvalue weighted by atomic mass is 16.4. The molecule has 0 unspecified atom stereocenters. The van der Waals surface area contributed by atoms with E-state index in [1.54, 1.807) is 6.20 Å². The van der Waals surface area contributed by atoms with Gasteiger partial charge in [-0.25, -0.2) is 9.78 Å². The van der Waals surface area contributed by atoms with E-state index in [2.05, 4.69) is 23.4 Å². The summed E-state index contributed by atoms with van der Waals surface area (Å²) in [7, 11) is 0. The molecular formula is C20H26N4O2. The van der Waals surface area contributed by atoms with Crippen molar-refractivity contribution < 1.29 is 9.90 Å². The molecule has 6 nitrogen and oxygen atoms in total. The summed E-state index contributed by atoms with van der Waals surface area (Å²) < 4.78 is 2.16. The van der Waals surface area contributed by atoms with Gasteiger partial charge in [0.2, 0.25) is 0 Å². The molecule has 2 aromatic heterocycles. The first-order valence-electron chi connectivity index (χ1n) is 8.92. The Balaban J connectivity index is 2.21. The minimum atomic E-state index is -0.941. The summed E-state index contributed by atoms with van der Waals surface area (Å²) in [6, 6.07) is 8.00. The second-order valence-corrected chi connectivity index (χ2v) is 8.08. The van der Waals surface area contributed by atoms with E-state index < -0.39 is 11.6 Å². The highest BCUT2D eigenvalue weighted by Gasteiger charge is 2.28. The molecular weight excluding hydrogens is 328 g/mol. The maximum absolute atomic E-state index is 11.8. The normalized spacial score (nSPS) is 12.2. The van der Waals surface area contributed by atoms with Crippen molar-refractivity contribution in [3.63, 3.8) is 0 Å². The highest BCUT2D eigenvalue weighted by molar-refractivity contribution is 6.02. The van der Waals surface area contributed by atoms with Gasteiger partial charge < -0.3 is 9.67 Å². The first-order chi connectivity index (χ1) is 12.2. The van der Waals surface area contributed by atoms with Crippen LogP contribution < -0.4 is 0 Å². The van der Waals surface area contributed by atoms with E-state index in [9.17, 15) is 9.90 Å². The zero-order valence-electron chi connectivity index (χ0n) is 16.0. The second kappa shape index (κ2) is 6.59. The fraction of sp³-hybridized carbons (Fsp3) is 0.450. The van der Waals surface area contributed by atoms with Gasteiger partial charge in [-0.15, -0.1) is 0 Å². The molecule has 1 N–H and O–H groups in total. The highest BCUT2D eigenvalue weighted by Crippen LogP contribution is 2.27. The first-order valence-corrected chi connectivity index (χ1v) is 8.92. The average molecular weight is 354 g/mol. The Bertz CT molecular complexity index is 953. The molecule has 0 aliphatic rings. The Morgan fingerprint density at radius 2 is 1.92 bits per heavy atom. The van der Waals surface area contributed by atoms with Crippen LogP contribution in [-0.4, -0.2) is 36.2 Å². The first kappa shape index (κ1) is 18.2. The number of aromatic nitrogens is 3. The molecule has 138 valence electrons. The van der Waals surface area contributed by atoms with Crippen molar-refractivity contribution in [2.75, 3.05) is 0 Å². The summed E-state index contributed by atoms with van der Waals surface area (Å²) in [5.74, 6) is 1.16. The Morgan fingerprint density at radius 1 is 1.23 bits per heavy atom. The number of rotatable bonds is 4. The molecule has 1 aromatic carbocycles. The van der Waals surface area contributed by atoms with Gasteiger partial charge >= 0.3 is 6.09 Å². The van der Waals surface area contributed by atoms with Crippen LogP contribution in [0.2, 0.25) is 0 Å². The van der Waals surface area contributed by atoms with E-state index in [-0.39, 0.29) is 6.54 Å². The fourth-order valence-corrected chi connectivity index (χ4v) is 3.23. The number of para-hydroxylation sites is 1. The molecule has 6 heteroatoms. The van der Waals surface area contributed by atoms with Crippen LogP contribution in [0.25, 0.3) is 21.9 Å². The topological polar surface area (TPSA) is 71.2 Å². The van der Waals surface area contributed by atoms with E-state index in [1.165, 1.54) is 4.90 Å². The molecule has 0 spiro atoms. The third-order valence-corrected chi connectivity index (χ3v) is 4.45. The van der Waals surface area contributed by atoms with E-state index in [0.717, 1.165) is 34.3 Å². The summed E-state index contributed by atoms with van der Waals surface area (Å²) in [4.78, 5) is 22.5. The van der Waals surface area contributed by atoms with Crippen LogP contribution in [-0.2, 0) is 13.1 Å². The average Bonchev–Trinajstić information content (AvgIpc) is 2.88. The van der Waals surface area contributed by atoms with E-state index in [1.807, 2.05) is 45.0 Å². The number of carbonyl (C=O) groups is 1. The van der Waals surface area contributed by atoms with Gasteiger partial charge in [0.05, 0.1) is 23.8 Å². The Morgan fingerprint density at radius 3 is 2.54 bits per heavy atom. The monoisotopic (exact) mass is 354 g/mol. The molecule has 0 fully saturated rings. The number of imidazole rings is 1. The summed E-state index contributed by atoms with van der Waals surface area (Å²) in [6.07, 6.45) is 0.837. The van der Waals surface area contributed by atoms with Gasteiger partial charge in [0.1, 0.15) is 11.3 Å². The van der Waals surface area contributed by atoms with Crippen molar-refractivity contribution in [1.29, 1.82) is 0 Å². The Labute approximate surface area is 153 Å². The van der Waals surface area contributed by atoms with Crippen molar-refractivity contribution >= 4 is 28.0 Å². The molecule has 0 bridgehead atoms. The van der Waals surface area contributed by atoms with Gasteiger partial charge in [0, 0.05) is 17.5 Å². The van der Waals surface area contributed by atoms with Gasteiger partial charge in [-0.3, -0.25) is 9.88 Å². The minimum absolute atomic E-state index is 0.245. The smallest absolute Gasteiger partial charge is 0.408 e. The molecule has 3 aromatic rings. The quantitative estimate of drug-likeness (QED) is 0.748. The molecule has 0 radical (unpaired) electrons. The maximum Gasteiger partial charge on any atom is 0.408 e. The van der Waals surface area contributed by atoms with Gasteiger partial charge in [0.25, 0.3) is 0 Å². The number of carboxylic acid groups (broad SMARTS) is 1. The van der Waals surface area contributed by atoms with Crippen LogP contribution in [0.4, 0.5) is 4.79 Å². The van der Waals surface area contributed by atoms with Crippen molar-refractivity contribution in [2.24, 2.45) is 5.92 Å². The lowest BCUT2D eigenvalue weighted by Gasteiger charge is -2.33. The number of nitrogens with zero attached hydrogens (tertiary/aromatic N) is 4. The number of pyridine rings is 1. The van der Waals surface area contributed by atoms with E-state index in [4.69, 9.17) is 4.98 Å². The molecule has 26 heavy (non-hydrogen) atoms. The molecule has 0 aliphatic carbocycles. The predicted octanol–water partition coefficient (Wildman–Crippen LogP) is 4.52. The number of hydrogen-bond donors (Lipinski definition) is 1. The predicted molar refractivity (Wildman–Crippen MR) is 103 cm³/mol. The zero-order chi connectivity index (χ0) is 19.1. The minimum Gasteiger partial charge on any atom is -0.465 e. The molecule has 0 aliphatic heterocycles. The summed E-state index contributed by atoms with van der Waals surface area (Å²) in [5, 5.41) is 10.7. The Hall–Kier alpha value is -2.63. The second-order valence-electron chi connectivity index (χ2n) is 8.08. The molecule has 3 rings (SSSR count). The Kier molecular flexibility index (Phi) is 4.61. The number of amides is 1. The third kappa shape index (κ3) is 3.36. The van der Waals surface area contributed by atoms with Crippen LogP contribution in [0.5, 0.6) is 0 Å². The maximum atomic E-state index is 11.8. The van der Waals surface area contributed by atoms with Gasteiger partial charge in [-0.1, -0.05) is 32.0 Å². The van der Waals surface area contributed by atoms with Gasteiger partial charge in [-0.2, -0.15) is 0 Å². The lowest BCUT2D eigenvalue weighted by Crippen LogP contribution is -2.44. The molecule has 0 saturated heterocycles. The summed E-state index contributed by atoms with van der Waals surface area (Å²) in [5.41, 5.74) is 2.24. The lowest BCUT2D eigenvalue weighted by molar-refractivity contribution is 0.0930. The summed E-state index contributed by atoms with van der Waals surface area (Å²) >= 11 is 0. The zero-order valence-corrected chi connectivity index (χ0v) is 16.0. The molecule has 1 amide bonds. The SMILES string of the molecule is CC(C)Cn1c(CN(C(=O)O)C(C)(C)C)nc2cnc3ccccc3c21. The number of fused-ring (bicyclic) bond motifs is 3. The van der Waals surface area contributed by atoms with Gasteiger partial charge in [0.15, 0.2) is 0 Å². The fourth-order valence-electron chi connectivity index (χ4n) is 3.23. The van der Waals surface area contributed by atoms with E-state index in [0.29, 0.717) is 5.92 Å². The van der Waals surface area contributed by atoms with Crippen LogP contribution in [0.1, 0.15) is 40.4 Å². The van der Waals surface area contributed by atoms with Gasteiger partial charge in [-0.05, 0) is 32.8 Å². The van der Waals surface area contributed by atoms with E-state index >= 15 is 0 Å². The summed E-state index contributed by atoms with van der Waals surface area (Å²) in [6.45, 7) is 11.0. The molecule has 0 saturated carbocycles. The largest absolute Gasteiger partial charge is 0.465 e. The number of hydrogen-bond acceptors (Lipinski definition) is 3. The van der Waals surface area contributed by atoms with Crippen LogP contribution in [0, 0.1) is 5.92 Å². The molecule has 2 heterocycles. The van der Waals surface area contributed by atoms with Crippen molar-refractivity contribution in [3.05, 3.63) is 36.3 Å². The van der Waals surface area contributed by atoms with Crippen molar-refractivity contribution in [3.8, 4) is 0 Å². The van der Waals surface area contributed by atoms with Crippen LogP contribution >= 0.6 is 0 Å².